The Kier molecular flexibility index (Phi) is 9.15. The maximum absolute atomic E-state index is 5.11. The first-order chi connectivity index (χ1) is 12.2. The molecule has 1 saturated heterocycles. The molecule has 0 saturated carbocycles. The Hall–Kier alpha value is -1.24. The molecular formula is C19H32N4OS. The molecule has 0 spiro atoms. The van der Waals surface area contributed by atoms with Crippen LogP contribution in [-0.2, 0) is 4.74 Å². The molecule has 25 heavy (non-hydrogen) atoms. The van der Waals surface area contributed by atoms with E-state index in [2.05, 4.69) is 57.5 Å². The third kappa shape index (κ3) is 7.26. The molecule has 5 nitrogen and oxygen atoms in total. The largest absolute Gasteiger partial charge is 0.383 e. The fourth-order valence-electron chi connectivity index (χ4n) is 2.94. The third-order valence-electron chi connectivity index (χ3n) is 4.48. The lowest BCUT2D eigenvalue weighted by molar-refractivity contribution is 0.162. The van der Waals surface area contributed by atoms with E-state index >= 15 is 0 Å². The van der Waals surface area contributed by atoms with Crippen molar-refractivity contribution in [1.29, 1.82) is 0 Å². The Morgan fingerprint density at radius 2 is 2.16 bits per heavy atom. The zero-order chi connectivity index (χ0) is 17.9. The highest BCUT2D eigenvalue weighted by molar-refractivity contribution is 7.99. The summed E-state index contributed by atoms with van der Waals surface area (Å²) in [6, 6.07) is 10.7. The second kappa shape index (κ2) is 11.4. The highest BCUT2D eigenvalue weighted by atomic mass is 32.2. The number of methoxy groups -OCH3 is 1. The van der Waals surface area contributed by atoms with Gasteiger partial charge >= 0.3 is 0 Å². The average molecular weight is 365 g/mol. The van der Waals surface area contributed by atoms with Gasteiger partial charge in [-0.25, -0.2) is 0 Å². The van der Waals surface area contributed by atoms with E-state index in [0.717, 1.165) is 51.2 Å². The zero-order valence-electron chi connectivity index (χ0n) is 15.8. The molecule has 1 unspecified atom stereocenters. The molecule has 0 aromatic heterocycles. The molecule has 2 rings (SSSR count). The minimum Gasteiger partial charge on any atom is -0.383 e. The molecular weight excluding hydrogens is 332 g/mol. The molecule has 1 fully saturated rings. The normalized spacial score (nSPS) is 18.2. The van der Waals surface area contributed by atoms with Crippen molar-refractivity contribution in [3.05, 3.63) is 30.3 Å². The van der Waals surface area contributed by atoms with E-state index < -0.39 is 0 Å². The van der Waals surface area contributed by atoms with Crippen molar-refractivity contribution >= 4 is 17.7 Å². The molecule has 6 heteroatoms. The lowest BCUT2D eigenvalue weighted by Crippen LogP contribution is -2.43. The molecule has 1 N–H and O–H groups in total. The highest BCUT2D eigenvalue weighted by Gasteiger charge is 2.24. The van der Waals surface area contributed by atoms with Gasteiger partial charge in [0.1, 0.15) is 0 Å². The second-order valence-corrected chi connectivity index (χ2v) is 7.59. The number of hydrogen-bond acceptors (Lipinski definition) is 4. The summed E-state index contributed by atoms with van der Waals surface area (Å²) in [5.74, 6) is 2.94. The summed E-state index contributed by atoms with van der Waals surface area (Å²) in [5, 5.41) is 3.50. The number of nitrogens with one attached hydrogen (secondary N) is 1. The van der Waals surface area contributed by atoms with Crippen LogP contribution < -0.4 is 5.32 Å². The molecule has 1 atom stereocenters. The van der Waals surface area contributed by atoms with E-state index in [1.807, 2.05) is 18.8 Å². The van der Waals surface area contributed by atoms with E-state index in [9.17, 15) is 0 Å². The first-order valence-corrected chi connectivity index (χ1v) is 10.0. The van der Waals surface area contributed by atoms with Gasteiger partial charge in [-0.05, 0) is 31.5 Å². The number of thioether (sulfide) groups is 1. The van der Waals surface area contributed by atoms with Gasteiger partial charge in [0.05, 0.1) is 6.61 Å². The Bertz CT molecular complexity index is 511. The van der Waals surface area contributed by atoms with Gasteiger partial charge in [0.15, 0.2) is 5.96 Å². The first kappa shape index (κ1) is 20.1. The number of likely N-dealkylation sites (tertiary alicyclic amines) is 1. The number of aliphatic imine (C=N–C) groups is 1. The Morgan fingerprint density at radius 3 is 2.88 bits per heavy atom. The van der Waals surface area contributed by atoms with E-state index in [1.165, 1.54) is 17.1 Å². The summed E-state index contributed by atoms with van der Waals surface area (Å²) in [5.41, 5.74) is 0. The van der Waals surface area contributed by atoms with Crippen molar-refractivity contribution in [2.75, 3.05) is 66.3 Å². The Labute approximate surface area is 156 Å². The van der Waals surface area contributed by atoms with Gasteiger partial charge in [0, 0.05) is 57.5 Å². The summed E-state index contributed by atoms with van der Waals surface area (Å²) in [6.07, 6.45) is 1.24. The summed E-state index contributed by atoms with van der Waals surface area (Å²) >= 11 is 1.96. The van der Waals surface area contributed by atoms with Crippen molar-refractivity contribution in [3.63, 3.8) is 0 Å². The van der Waals surface area contributed by atoms with Crippen molar-refractivity contribution < 1.29 is 4.74 Å². The van der Waals surface area contributed by atoms with E-state index in [0.29, 0.717) is 0 Å². The lowest BCUT2D eigenvalue weighted by atomic mass is 10.2. The van der Waals surface area contributed by atoms with Crippen LogP contribution in [0.1, 0.15) is 6.42 Å². The number of likely N-dealkylation sites (N-methyl/N-ethyl adjacent to an activating group) is 1. The third-order valence-corrected chi connectivity index (χ3v) is 5.72. The molecule has 140 valence electrons. The number of ether oxygens (including phenoxy) is 1. The molecule has 0 amide bonds. The van der Waals surface area contributed by atoms with Gasteiger partial charge in [-0.15, -0.1) is 11.8 Å². The summed E-state index contributed by atoms with van der Waals surface area (Å²) < 4.78 is 5.11. The van der Waals surface area contributed by atoms with Gasteiger partial charge in [-0.1, -0.05) is 18.2 Å². The fraction of sp³-hybridized carbons (Fsp3) is 0.632. The van der Waals surface area contributed by atoms with Crippen LogP contribution in [0.3, 0.4) is 0 Å². The molecule has 1 aliphatic rings. The maximum Gasteiger partial charge on any atom is 0.193 e. The number of hydrogen-bond donors (Lipinski definition) is 1. The molecule has 1 aromatic rings. The molecule has 1 aliphatic heterocycles. The van der Waals surface area contributed by atoms with Crippen LogP contribution in [0.5, 0.6) is 0 Å². The minimum atomic E-state index is 0.730. The van der Waals surface area contributed by atoms with Gasteiger partial charge in [-0.2, -0.15) is 0 Å². The van der Waals surface area contributed by atoms with Crippen LogP contribution in [0.4, 0.5) is 0 Å². The van der Waals surface area contributed by atoms with Gasteiger partial charge in [-0.3, -0.25) is 4.99 Å². The van der Waals surface area contributed by atoms with Crippen LogP contribution in [0.15, 0.2) is 40.2 Å². The number of benzene rings is 1. The first-order valence-electron chi connectivity index (χ1n) is 9.04. The molecule has 0 radical (unpaired) electrons. The van der Waals surface area contributed by atoms with Crippen LogP contribution in [-0.4, -0.2) is 82.0 Å². The van der Waals surface area contributed by atoms with Crippen molar-refractivity contribution in [3.8, 4) is 0 Å². The minimum absolute atomic E-state index is 0.730. The molecule has 0 aliphatic carbocycles. The Morgan fingerprint density at radius 1 is 1.36 bits per heavy atom. The zero-order valence-corrected chi connectivity index (χ0v) is 16.6. The molecule has 1 heterocycles. The predicted molar refractivity (Wildman–Crippen MR) is 108 cm³/mol. The predicted octanol–water partition coefficient (Wildman–Crippen LogP) is 2.25. The van der Waals surface area contributed by atoms with Crippen LogP contribution in [0.25, 0.3) is 0 Å². The second-order valence-electron chi connectivity index (χ2n) is 6.49. The molecule has 1 aromatic carbocycles. The van der Waals surface area contributed by atoms with Crippen molar-refractivity contribution in [1.82, 2.24) is 15.1 Å². The van der Waals surface area contributed by atoms with Crippen LogP contribution in [0, 0.1) is 5.92 Å². The van der Waals surface area contributed by atoms with E-state index in [-0.39, 0.29) is 0 Å². The Balaban J connectivity index is 1.68. The van der Waals surface area contributed by atoms with Gasteiger partial charge in [0.25, 0.3) is 0 Å². The number of rotatable bonds is 9. The highest BCUT2D eigenvalue weighted by Crippen LogP contribution is 2.25. The van der Waals surface area contributed by atoms with Crippen LogP contribution >= 0.6 is 11.8 Å². The average Bonchev–Trinajstić information content (AvgIpc) is 3.11. The number of guanidine groups is 1. The SMILES string of the molecule is CN=C(NCCN(C)CCOC)N1CCC(CSc2ccccc2)C1. The van der Waals surface area contributed by atoms with Crippen molar-refractivity contribution in [2.45, 2.75) is 11.3 Å². The fourth-order valence-corrected chi connectivity index (χ4v) is 3.99. The van der Waals surface area contributed by atoms with Gasteiger partial charge in [0.2, 0.25) is 0 Å². The van der Waals surface area contributed by atoms with E-state index in [4.69, 9.17) is 4.74 Å². The van der Waals surface area contributed by atoms with Crippen molar-refractivity contribution in [2.24, 2.45) is 10.9 Å². The summed E-state index contributed by atoms with van der Waals surface area (Å²) in [7, 11) is 5.74. The van der Waals surface area contributed by atoms with Crippen LogP contribution in [0.2, 0.25) is 0 Å². The smallest absolute Gasteiger partial charge is 0.193 e. The maximum atomic E-state index is 5.11. The topological polar surface area (TPSA) is 40.1 Å². The van der Waals surface area contributed by atoms with E-state index in [1.54, 1.807) is 7.11 Å². The number of nitrogens with zero attached hydrogens (tertiary/aromatic N) is 3. The molecule has 0 bridgehead atoms. The standard InChI is InChI=1S/C19H32N4OS/c1-20-19(21-10-12-22(2)13-14-24-3)23-11-9-17(15-23)16-25-18-7-5-4-6-8-18/h4-8,17H,9-16H2,1-3H3,(H,20,21). The monoisotopic (exact) mass is 364 g/mol. The quantitative estimate of drug-likeness (QED) is 0.413. The van der Waals surface area contributed by atoms with Gasteiger partial charge < -0.3 is 19.9 Å². The summed E-state index contributed by atoms with van der Waals surface area (Å²) in [4.78, 5) is 10.5. The summed E-state index contributed by atoms with van der Waals surface area (Å²) in [6.45, 7) is 5.83. The lowest BCUT2D eigenvalue weighted by Gasteiger charge is -2.23.